The molecule has 3 atom stereocenters. The van der Waals surface area contributed by atoms with Gasteiger partial charge in [0.15, 0.2) is 10.8 Å². The number of H-pyrrole nitrogens is 1. The number of carboxylic acid groups (broad SMARTS) is 2. The number of aromatic carboxylic acids is 2. The van der Waals surface area contributed by atoms with E-state index in [-0.39, 0.29) is 68.9 Å². The van der Waals surface area contributed by atoms with E-state index in [0.29, 0.717) is 28.9 Å². The molecule has 13 heteroatoms. The topological polar surface area (TPSA) is 136 Å². The van der Waals surface area contributed by atoms with Crippen LogP contribution in [0, 0.1) is 18.8 Å². The van der Waals surface area contributed by atoms with Crippen LogP contribution in [-0.4, -0.2) is 86.7 Å². The van der Waals surface area contributed by atoms with Gasteiger partial charge in [0.2, 0.25) is 0 Å². The molecule has 0 aromatic carbocycles. The molecule has 29 heavy (non-hydrogen) atoms. The van der Waals surface area contributed by atoms with Crippen LogP contribution in [0.4, 0.5) is 5.13 Å². The van der Waals surface area contributed by atoms with E-state index in [2.05, 4.69) is 15.3 Å². The summed E-state index contributed by atoms with van der Waals surface area (Å²) in [4.78, 5) is 43.2. The van der Waals surface area contributed by atoms with Crippen LogP contribution < -0.4 is 10.2 Å². The number of rotatable bonds is 5. The number of carboxylic acids is 2. The number of hydrogen-bond acceptors (Lipinski definition) is 6. The van der Waals surface area contributed by atoms with E-state index in [0.717, 1.165) is 11.3 Å². The van der Waals surface area contributed by atoms with Gasteiger partial charge in [0.1, 0.15) is 10.6 Å². The van der Waals surface area contributed by atoms with Crippen molar-refractivity contribution in [1.82, 2.24) is 15.3 Å². The second kappa shape index (κ2) is 8.09. The summed E-state index contributed by atoms with van der Waals surface area (Å²) < 4.78 is 0. The Morgan fingerprint density at radius 1 is 1.17 bits per heavy atom. The second-order valence-corrected chi connectivity index (χ2v) is 8.50. The summed E-state index contributed by atoms with van der Waals surface area (Å²) in [5, 5.41) is 22.1. The van der Waals surface area contributed by atoms with Crippen molar-refractivity contribution >= 4 is 87.1 Å². The van der Waals surface area contributed by atoms with Gasteiger partial charge in [-0.1, -0.05) is 34.5 Å². The van der Waals surface area contributed by atoms with Crippen molar-refractivity contribution < 1.29 is 24.6 Å². The summed E-state index contributed by atoms with van der Waals surface area (Å²) in [6.07, 6.45) is 0. The van der Waals surface area contributed by atoms with Gasteiger partial charge in [0.25, 0.3) is 5.91 Å². The van der Waals surface area contributed by atoms with E-state index < -0.39 is 17.6 Å². The summed E-state index contributed by atoms with van der Waals surface area (Å²) in [7, 11) is 0. The van der Waals surface area contributed by atoms with E-state index in [1.54, 1.807) is 6.92 Å². The van der Waals surface area contributed by atoms with E-state index in [4.69, 9.17) is 33.4 Å². The van der Waals surface area contributed by atoms with Crippen LogP contribution in [0.1, 0.15) is 36.3 Å². The van der Waals surface area contributed by atoms with Crippen LogP contribution >= 0.6 is 34.5 Å². The minimum atomic E-state index is -1.37. The summed E-state index contributed by atoms with van der Waals surface area (Å²) >= 11 is 12.9. The van der Waals surface area contributed by atoms with Gasteiger partial charge in [-0.05, 0) is 6.92 Å². The molecule has 3 heterocycles. The van der Waals surface area contributed by atoms with Crippen LogP contribution in [-0.2, 0) is 0 Å². The Kier molecular flexibility index (Phi) is 6.24. The van der Waals surface area contributed by atoms with Gasteiger partial charge >= 0.3 is 41.5 Å². The monoisotopic (exact) mass is 468 g/mol. The molecule has 1 saturated carbocycles. The number of piperidine rings is 1. The Balaban J connectivity index is 0.00000240. The second-order valence-electron chi connectivity index (χ2n) is 6.77. The Morgan fingerprint density at radius 3 is 2.24 bits per heavy atom. The zero-order chi connectivity index (χ0) is 20.3. The zero-order valence-electron chi connectivity index (χ0n) is 14.3. The molecule has 1 aliphatic heterocycles. The molecule has 150 valence electrons. The summed E-state index contributed by atoms with van der Waals surface area (Å²) in [6.45, 7) is 2.83. The van der Waals surface area contributed by atoms with Crippen LogP contribution in [0.25, 0.3) is 0 Å². The predicted octanol–water partition coefficient (Wildman–Crippen LogP) is 1.70. The minimum absolute atomic E-state index is 0. The van der Waals surface area contributed by atoms with Crippen molar-refractivity contribution in [3.8, 4) is 0 Å². The number of aromatic amines is 1. The van der Waals surface area contributed by atoms with Crippen molar-refractivity contribution in [2.45, 2.75) is 13.0 Å². The van der Waals surface area contributed by atoms with E-state index in [1.807, 2.05) is 4.90 Å². The van der Waals surface area contributed by atoms with Crippen molar-refractivity contribution in [3.05, 3.63) is 32.0 Å². The average Bonchev–Trinajstić information content (AvgIpc) is 3.06. The van der Waals surface area contributed by atoms with Crippen molar-refractivity contribution in [2.24, 2.45) is 11.8 Å². The number of anilines is 1. The van der Waals surface area contributed by atoms with Crippen LogP contribution in [0.2, 0.25) is 10.0 Å². The molecule has 0 bridgehead atoms. The fourth-order valence-corrected chi connectivity index (χ4v) is 4.91. The third-order valence-corrected chi connectivity index (χ3v) is 7.11. The van der Waals surface area contributed by atoms with Gasteiger partial charge in [-0.2, -0.15) is 0 Å². The number of halogens is 2. The normalized spacial score (nSPS) is 22.0. The number of fused-ring (bicyclic) bond motifs is 1. The fourth-order valence-electron chi connectivity index (χ4n) is 3.58. The third kappa shape index (κ3) is 3.89. The first-order valence-corrected chi connectivity index (χ1v) is 9.83. The molecule has 1 amide bonds. The number of aryl methyl sites for hydroxylation is 1. The van der Waals surface area contributed by atoms with Crippen molar-refractivity contribution in [1.29, 1.82) is 0 Å². The van der Waals surface area contributed by atoms with E-state index in [9.17, 15) is 14.4 Å². The first kappa shape index (κ1) is 22.4. The van der Waals surface area contributed by atoms with Crippen molar-refractivity contribution in [2.75, 3.05) is 18.0 Å². The summed E-state index contributed by atoms with van der Waals surface area (Å²) in [6, 6.07) is -0.0277. The standard InChI is InChI=1S/C16H14Cl2N4O5S.Na.H/c1-4-7(17)8(18)10(19-4)13(23)20-9-5-2-22(3-6(5)9)16-21-11(14(24)25)12(28-16)15(26)27;;/h5-6,9,19H,2-3H2,1H3,(H,20,23)(H,24,25)(H,26,27);;/t5-,6+,9+;;. The van der Waals surface area contributed by atoms with Gasteiger partial charge in [0, 0.05) is 36.7 Å². The van der Waals surface area contributed by atoms with Crippen LogP contribution in [0.5, 0.6) is 0 Å². The summed E-state index contributed by atoms with van der Waals surface area (Å²) in [5.41, 5.74) is 0.390. The molecule has 1 saturated heterocycles. The first-order valence-electron chi connectivity index (χ1n) is 8.25. The van der Waals surface area contributed by atoms with Crippen LogP contribution in [0.3, 0.4) is 0 Å². The number of carbonyl (C=O) groups is 3. The number of amides is 1. The molecule has 2 fully saturated rings. The number of carbonyl (C=O) groups excluding carboxylic acids is 1. The number of hydrogen-bond donors (Lipinski definition) is 4. The predicted molar refractivity (Wildman–Crippen MR) is 109 cm³/mol. The number of nitrogens with zero attached hydrogens (tertiary/aromatic N) is 2. The molecule has 2 aromatic rings. The van der Waals surface area contributed by atoms with Gasteiger partial charge in [0.05, 0.1) is 10.0 Å². The molecule has 4 rings (SSSR count). The van der Waals surface area contributed by atoms with Gasteiger partial charge in [-0.15, -0.1) is 0 Å². The van der Waals surface area contributed by atoms with Crippen molar-refractivity contribution in [3.63, 3.8) is 0 Å². The third-order valence-electron chi connectivity index (χ3n) is 5.06. The Labute approximate surface area is 200 Å². The SMILES string of the molecule is Cc1[nH]c(C(=O)N[C@H]2[C@@H]3CN(c4nc(C(=O)O)c(C(=O)O)s4)C[C@@H]32)c(Cl)c1Cl.[NaH]. The first-order chi connectivity index (χ1) is 13.2. The van der Waals surface area contributed by atoms with Crippen LogP contribution in [0.15, 0.2) is 0 Å². The molecule has 1 aliphatic carbocycles. The van der Waals surface area contributed by atoms with Gasteiger partial charge in [-0.25, -0.2) is 14.6 Å². The molecule has 4 N–H and O–H groups in total. The quantitative estimate of drug-likeness (QED) is 0.490. The number of thiazole rings is 1. The maximum absolute atomic E-state index is 12.4. The van der Waals surface area contributed by atoms with E-state index in [1.165, 1.54) is 0 Å². The molecular weight excluding hydrogens is 454 g/mol. The van der Waals surface area contributed by atoms with E-state index >= 15 is 0 Å². The molecule has 0 radical (unpaired) electrons. The summed E-state index contributed by atoms with van der Waals surface area (Å²) in [5.74, 6) is -2.65. The molecule has 2 aliphatic rings. The van der Waals surface area contributed by atoms with Gasteiger partial charge in [-0.3, -0.25) is 4.79 Å². The average molecular weight is 469 g/mol. The Bertz CT molecular complexity index is 982. The Morgan fingerprint density at radius 2 is 1.79 bits per heavy atom. The zero-order valence-corrected chi connectivity index (χ0v) is 16.7. The molecule has 9 nitrogen and oxygen atoms in total. The number of nitrogens with one attached hydrogen (secondary N) is 2. The molecule has 2 aromatic heterocycles. The van der Waals surface area contributed by atoms with Gasteiger partial charge < -0.3 is 25.4 Å². The number of aromatic nitrogens is 2. The Hall–Kier alpha value is -1.30. The fraction of sp³-hybridized carbons (Fsp3) is 0.375. The molecule has 0 unspecified atom stereocenters. The molecular formula is C16H15Cl2N4NaO5S. The molecule has 0 spiro atoms. The maximum atomic E-state index is 12.4.